The van der Waals surface area contributed by atoms with Gasteiger partial charge in [-0.1, -0.05) is 36.4 Å². The Labute approximate surface area is 158 Å². The summed E-state index contributed by atoms with van der Waals surface area (Å²) < 4.78 is 1.93. The monoisotopic (exact) mass is 361 g/mol. The van der Waals surface area contributed by atoms with Crippen molar-refractivity contribution in [3.8, 4) is 11.3 Å². The molecule has 0 saturated carbocycles. The van der Waals surface area contributed by atoms with Crippen molar-refractivity contribution in [2.24, 2.45) is 7.05 Å². The van der Waals surface area contributed by atoms with E-state index in [9.17, 15) is 9.90 Å². The van der Waals surface area contributed by atoms with Crippen LogP contribution in [0.15, 0.2) is 61.1 Å². The largest absolute Gasteiger partial charge is 0.383 e. The normalized spacial score (nSPS) is 19.4. The molecule has 1 aliphatic rings. The summed E-state index contributed by atoms with van der Waals surface area (Å²) in [5, 5.41) is 11.1. The number of rotatable bonds is 3. The quantitative estimate of drug-likeness (QED) is 0.780. The maximum atomic E-state index is 13.1. The molecular formula is C22H23N3O2. The van der Waals surface area contributed by atoms with Crippen molar-refractivity contribution in [2.75, 3.05) is 13.1 Å². The van der Waals surface area contributed by atoms with Crippen LogP contribution in [0.2, 0.25) is 0 Å². The number of likely N-dealkylation sites (tertiary alicyclic amines) is 1. The number of carbonyl (C=O) groups is 1. The number of aromatic nitrogens is 2. The SMILES string of the molecule is Cc1ccccc1[C@@]1(O)CCN(C(=O)c2cccc(-c3cncn3C)c2)C1. The highest BCUT2D eigenvalue weighted by atomic mass is 16.3. The first-order chi connectivity index (χ1) is 13.0. The van der Waals surface area contributed by atoms with Crippen LogP contribution >= 0.6 is 0 Å². The summed E-state index contributed by atoms with van der Waals surface area (Å²) in [5.41, 5.74) is 3.51. The van der Waals surface area contributed by atoms with Gasteiger partial charge in [0.1, 0.15) is 5.60 Å². The van der Waals surface area contributed by atoms with Crippen molar-refractivity contribution in [1.82, 2.24) is 14.5 Å². The van der Waals surface area contributed by atoms with Gasteiger partial charge in [-0.15, -0.1) is 0 Å². The van der Waals surface area contributed by atoms with Gasteiger partial charge in [-0.25, -0.2) is 4.98 Å². The zero-order valence-electron chi connectivity index (χ0n) is 15.6. The van der Waals surface area contributed by atoms with Crippen molar-refractivity contribution in [2.45, 2.75) is 18.9 Å². The van der Waals surface area contributed by atoms with Gasteiger partial charge in [-0.2, -0.15) is 0 Å². The number of amides is 1. The van der Waals surface area contributed by atoms with Crippen LogP contribution in [0.4, 0.5) is 0 Å². The minimum atomic E-state index is -0.985. The van der Waals surface area contributed by atoms with E-state index in [1.807, 2.05) is 67.1 Å². The predicted molar refractivity (Wildman–Crippen MR) is 104 cm³/mol. The number of hydrogen-bond acceptors (Lipinski definition) is 3. The fourth-order valence-corrected chi connectivity index (χ4v) is 3.91. The molecule has 0 unspecified atom stereocenters. The van der Waals surface area contributed by atoms with Crippen LogP contribution < -0.4 is 0 Å². The second-order valence-corrected chi connectivity index (χ2v) is 7.29. The van der Waals surface area contributed by atoms with Gasteiger partial charge in [0.15, 0.2) is 0 Å². The summed E-state index contributed by atoms with van der Waals surface area (Å²) in [7, 11) is 1.93. The molecule has 0 bridgehead atoms. The third-order valence-electron chi connectivity index (χ3n) is 5.40. The van der Waals surface area contributed by atoms with Crippen LogP contribution in [0.3, 0.4) is 0 Å². The van der Waals surface area contributed by atoms with Crippen LogP contribution in [-0.2, 0) is 12.6 Å². The van der Waals surface area contributed by atoms with E-state index in [0.29, 0.717) is 25.1 Å². The van der Waals surface area contributed by atoms with E-state index in [4.69, 9.17) is 0 Å². The maximum Gasteiger partial charge on any atom is 0.253 e. The van der Waals surface area contributed by atoms with Crippen molar-refractivity contribution in [1.29, 1.82) is 0 Å². The van der Waals surface area contributed by atoms with Crippen molar-refractivity contribution in [3.63, 3.8) is 0 Å². The lowest BCUT2D eigenvalue weighted by Crippen LogP contribution is -2.34. The summed E-state index contributed by atoms with van der Waals surface area (Å²) in [4.78, 5) is 18.9. The number of benzene rings is 2. The zero-order valence-corrected chi connectivity index (χ0v) is 15.6. The van der Waals surface area contributed by atoms with Crippen LogP contribution in [0.1, 0.15) is 27.9 Å². The van der Waals surface area contributed by atoms with Gasteiger partial charge in [0.2, 0.25) is 0 Å². The van der Waals surface area contributed by atoms with Gasteiger partial charge in [0, 0.05) is 24.7 Å². The lowest BCUT2D eigenvalue weighted by molar-refractivity contribution is 0.0412. The molecule has 27 heavy (non-hydrogen) atoms. The Balaban J connectivity index is 1.58. The van der Waals surface area contributed by atoms with Crippen LogP contribution in [0, 0.1) is 6.92 Å². The van der Waals surface area contributed by atoms with Crippen molar-refractivity contribution < 1.29 is 9.90 Å². The Hall–Kier alpha value is -2.92. The Morgan fingerprint density at radius 3 is 2.74 bits per heavy atom. The molecule has 138 valence electrons. The summed E-state index contributed by atoms with van der Waals surface area (Å²) in [6.07, 6.45) is 4.08. The summed E-state index contributed by atoms with van der Waals surface area (Å²) >= 11 is 0. The van der Waals surface area contributed by atoms with E-state index in [-0.39, 0.29) is 5.91 Å². The van der Waals surface area contributed by atoms with Gasteiger partial charge in [-0.3, -0.25) is 4.79 Å². The van der Waals surface area contributed by atoms with Gasteiger partial charge in [-0.05, 0) is 36.6 Å². The predicted octanol–water partition coefficient (Wildman–Crippen LogP) is 3.13. The van der Waals surface area contributed by atoms with E-state index < -0.39 is 5.60 Å². The Bertz CT molecular complexity index is 994. The van der Waals surface area contributed by atoms with Gasteiger partial charge in [0.25, 0.3) is 5.91 Å². The number of aliphatic hydroxyl groups is 1. The molecule has 1 aromatic heterocycles. The molecule has 2 aromatic carbocycles. The number of β-amino-alcohol motifs (C(OH)–C–C–N with tert-alkyl or cyclic N) is 1. The average molecular weight is 361 g/mol. The van der Waals surface area contributed by atoms with Gasteiger partial charge < -0.3 is 14.6 Å². The lowest BCUT2D eigenvalue weighted by Gasteiger charge is -2.25. The van der Waals surface area contributed by atoms with E-state index in [2.05, 4.69) is 4.98 Å². The Morgan fingerprint density at radius 1 is 1.19 bits per heavy atom. The third-order valence-corrected chi connectivity index (χ3v) is 5.40. The second-order valence-electron chi connectivity index (χ2n) is 7.29. The van der Waals surface area contributed by atoms with Crippen LogP contribution in [0.5, 0.6) is 0 Å². The van der Waals surface area contributed by atoms with Crippen LogP contribution in [0.25, 0.3) is 11.3 Å². The molecule has 1 fully saturated rings. The van der Waals surface area contributed by atoms with Crippen LogP contribution in [-0.4, -0.2) is 38.6 Å². The molecule has 1 N–H and O–H groups in total. The first-order valence-corrected chi connectivity index (χ1v) is 9.12. The van der Waals surface area contributed by atoms with Crippen molar-refractivity contribution in [3.05, 3.63) is 77.7 Å². The van der Waals surface area contributed by atoms with E-state index in [1.165, 1.54) is 0 Å². The van der Waals surface area contributed by atoms with E-state index >= 15 is 0 Å². The maximum absolute atomic E-state index is 13.1. The molecular weight excluding hydrogens is 338 g/mol. The van der Waals surface area contributed by atoms with E-state index in [0.717, 1.165) is 22.4 Å². The molecule has 0 radical (unpaired) electrons. The zero-order chi connectivity index (χ0) is 19.0. The molecule has 1 saturated heterocycles. The first-order valence-electron chi connectivity index (χ1n) is 9.12. The van der Waals surface area contributed by atoms with Crippen molar-refractivity contribution >= 4 is 5.91 Å². The van der Waals surface area contributed by atoms with Gasteiger partial charge in [0.05, 0.1) is 24.8 Å². The number of aryl methyl sites for hydroxylation is 2. The number of hydrogen-bond donors (Lipinski definition) is 1. The molecule has 1 aliphatic heterocycles. The first kappa shape index (κ1) is 17.5. The summed E-state index contributed by atoms with van der Waals surface area (Å²) in [6, 6.07) is 15.4. The van der Waals surface area contributed by atoms with E-state index in [1.54, 1.807) is 17.4 Å². The molecule has 3 aromatic rings. The highest BCUT2D eigenvalue weighted by Crippen LogP contribution is 2.34. The highest BCUT2D eigenvalue weighted by molar-refractivity contribution is 5.95. The molecule has 5 heteroatoms. The molecule has 2 heterocycles. The topological polar surface area (TPSA) is 58.4 Å². The Morgan fingerprint density at radius 2 is 2.00 bits per heavy atom. The molecule has 5 nitrogen and oxygen atoms in total. The molecule has 0 aliphatic carbocycles. The molecule has 4 rings (SSSR count). The summed E-state index contributed by atoms with van der Waals surface area (Å²) in [6.45, 7) is 2.85. The number of carbonyl (C=O) groups excluding carboxylic acids is 1. The fraction of sp³-hybridized carbons (Fsp3) is 0.273. The Kier molecular flexibility index (Phi) is 4.32. The number of nitrogens with zero attached hydrogens (tertiary/aromatic N) is 3. The fourth-order valence-electron chi connectivity index (χ4n) is 3.91. The summed E-state index contributed by atoms with van der Waals surface area (Å²) in [5.74, 6) is -0.0523. The molecule has 0 spiro atoms. The molecule has 1 amide bonds. The smallest absolute Gasteiger partial charge is 0.253 e. The average Bonchev–Trinajstić information content (AvgIpc) is 3.28. The van der Waals surface area contributed by atoms with Gasteiger partial charge >= 0.3 is 0 Å². The number of imidazole rings is 1. The molecule has 1 atom stereocenters. The minimum absolute atomic E-state index is 0.0523. The second kappa shape index (κ2) is 6.67. The standard InChI is InChI=1S/C22H23N3O2/c1-16-6-3-4-9-19(16)22(27)10-11-25(14-22)21(26)18-8-5-7-17(12-18)20-13-23-15-24(20)2/h3-9,12-13,15,27H,10-11,14H2,1-2H3/t22-/m1/s1. The minimum Gasteiger partial charge on any atom is -0.383 e. The third kappa shape index (κ3) is 3.15. The lowest BCUT2D eigenvalue weighted by atomic mass is 9.89. The highest BCUT2D eigenvalue weighted by Gasteiger charge is 2.40.